The van der Waals surface area contributed by atoms with Crippen LogP contribution in [-0.2, 0) is 24.7 Å². The van der Waals surface area contributed by atoms with Gasteiger partial charge in [-0.25, -0.2) is 0 Å². The van der Waals surface area contributed by atoms with Crippen LogP contribution in [0.5, 0.6) is 0 Å². The molecular weight excluding hydrogens is 290 g/mol. The maximum atomic E-state index is 12.9. The molecule has 0 aliphatic heterocycles. The van der Waals surface area contributed by atoms with Crippen molar-refractivity contribution in [1.82, 2.24) is 0 Å². The van der Waals surface area contributed by atoms with Gasteiger partial charge in [0.15, 0.2) is 0 Å². The number of hydrogen-bond donors (Lipinski definition) is 0. The number of benzene rings is 2. The molecule has 0 amide bonds. The monoisotopic (exact) mass is 299 g/mol. The van der Waals surface area contributed by atoms with Crippen LogP contribution in [0.25, 0.3) is 11.6 Å². The normalized spacial score (nSPS) is 17.6. The van der Waals surface area contributed by atoms with Gasteiger partial charge in [0, 0.05) is 0 Å². The minimum atomic E-state index is -0.176. The third-order valence-electron chi connectivity index (χ3n) is 3.11. The Morgan fingerprint density at radius 3 is 2.35 bits per heavy atom. The number of allylic oxidation sites excluding steroid dienone is 1. The molecule has 81 valence electrons. The van der Waals surface area contributed by atoms with E-state index in [0.717, 1.165) is 5.56 Å². The molecule has 0 N–H and O–H groups in total. The van der Waals surface area contributed by atoms with E-state index < -0.39 is 0 Å². The summed E-state index contributed by atoms with van der Waals surface area (Å²) < 4.78 is 13.4. The molecule has 17 heavy (non-hydrogen) atoms. The fourth-order valence-corrected chi connectivity index (χ4v) is 3.48. The second-order valence-electron chi connectivity index (χ2n) is 4.17. The van der Waals surface area contributed by atoms with Crippen LogP contribution in [0, 0.1) is 5.82 Å². The predicted molar refractivity (Wildman–Crippen MR) is 63.5 cm³/mol. The Hall–Kier alpha value is -1.01. The fraction of sp³-hybridized carbons (Fsp3) is 0.0667. The van der Waals surface area contributed by atoms with Crippen LogP contribution in [0.15, 0.2) is 48.5 Å². The molecule has 0 heterocycles. The summed E-state index contributed by atoms with van der Waals surface area (Å²) in [7, 11) is 0. The van der Waals surface area contributed by atoms with Gasteiger partial charge < -0.3 is 0 Å². The third-order valence-corrected chi connectivity index (χ3v) is 4.64. The van der Waals surface area contributed by atoms with E-state index in [1.165, 1.54) is 53.6 Å². The third kappa shape index (κ3) is 1.95. The summed E-state index contributed by atoms with van der Waals surface area (Å²) in [5.41, 5.74) is 5.13. The summed E-state index contributed by atoms with van der Waals surface area (Å²) in [6.45, 7) is 0. The molecule has 1 unspecified atom stereocenters. The summed E-state index contributed by atoms with van der Waals surface area (Å²) in [5, 5.41) is 0. The summed E-state index contributed by atoms with van der Waals surface area (Å²) in [5.74, 6) is -0.176. The first-order valence-corrected chi connectivity index (χ1v) is 6.95. The van der Waals surface area contributed by atoms with Gasteiger partial charge in [0.1, 0.15) is 0 Å². The zero-order valence-corrected chi connectivity index (χ0v) is 11.6. The van der Waals surface area contributed by atoms with Crippen molar-refractivity contribution in [2.75, 3.05) is 0 Å². The van der Waals surface area contributed by atoms with E-state index in [-0.39, 0.29) is 5.82 Å². The molecular formula is C15H10FZr. The van der Waals surface area contributed by atoms with Gasteiger partial charge in [-0.05, 0) is 0 Å². The van der Waals surface area contributed by atoms with E-state index in [9.17, 15) is 4.39 Å². The molecule has 0 spiro atoms. The number of rotatable bonds is 1. The molecule has 0 radical (unpaired) electrons. The van der Waals surface area contributed by atoms with Crippen LogP contribution >= 0.6 is 0 Å². The molecule has 1 aliphatic carbocycles. The van der Waals surface area contributed by atoms with Crippen LogP contribution in [-0.4, -0.2) is 0 Å². The zero-order valence-electron chi connectivity index (χ0n) is 9.15. The van der Waals surface area contributed by atoms with Gasteiger partial charge >= 0.3 is 115 Å². The molecule has 2 aromatic rings. The van der Waals surface area contributed by atoms with Gasteiger partial charge in [-0.15, -0.1) is 0 Å². The number of hydrogen-bond acceptors (Lipinski definition) is 0. The topological polar surface area (TPSA) is 0 Å². The van der Waals surface area contributed by atoms with Gasteiger partial charge in [-0.1, -0.05) is 0 Å². The van der Waals surface area contributed by atoms with E-state index in [1.807, 2.05) is 12.1 Å². The predicted octanol–water partition coefficient (Wildman–Crippen LogP) is 3.97. The fourth-order valence-electron chi connectivity index (χ4n) is 2.22. The van der Waals surface area contributed by atoms with Crippen molar-refractivity contribution in [1.29, 1.82) is 0 Å². The molecule has 2 heteroatoms. The first-order chi connectivity index (χ1) is 8.25. The second-order valence-corrected chi connectivity index (χ2v) is 5.59. The molecule has 0 saturated heterocycles. The van der Waals surface area contributed by atoms with Crippen LogP contribution in [0.3, 0.4) is 0 Å². The van der Waals surface area contributed by atoms with Gasteiger partial charge in [-0.2, -0.15) is 0 Å². The van der Waals surface area contributed by atoms with Crippen molar-refractivity contribution in [3.8, 4) is 0 Å². The second kappa shape index (κ2) is 4.35. The molecule has 0 nitrogen and oxygen atoms in total. The molecule has 0 saturated carbocycles. The molecule has 3 rings (SSSR count). The van der Waals surface area contributed by atoms with Crippen molar-refractivity contribution >= 4 is 11.6 Å². The summed E-state index contributed by atoms with van der Waals surface area (Å²) in [6, 6.07) is 15.3. The average Bonchev–Trinajstić information content (AvgIpc) is 2.69. The van der Waals surface area contributed by atoms with Crippen LogP contribution in [0.4, 0.5) is 4.39 Å². The van der Waals surface area contributed by atoms with E-state index in [4.69, 9.17) is 0 Å². The molecule has 1 atom stereocenters. The SMILES string of the molecule is Fc1ccc(C2=Cc3ccccc3[CH]2[Zr])cc1. The quantitative estimate of drug-likeness (QED) is 0.747. The average molecular weight is 300 g/mol. The van der Waals surface area contributed by atoms with Crippen molar-refractivity contribution in [3.05, 3.63) is 71.0 Å². The van der Waals surface area contributed by atoms with Crippen LogP contribution in [0.1, 0.15) is 20.3 Å². The van der Waals surface area contributed by atoms with Crippen LogP contribution in [0.2, 0.25) is 0 Å². The van der Waals surface area contributed by atoms with E-state index in [2.05, 4.69) is 30.3 Å². The summed E-state index contributed by atoms with van der Waals surface area (Å²) >= 11 is 1.47. The van der Waals surface area contributed by atoms with Gasteiger partial charge in [0.25, 0.3) is 0 Å². The Balaban J connectivity index is 2.05. The van der Waals surface area contributed by atoms with Gasteiger partial charge in [0.05, 0.1) is 0 Å². The summed E-state index contributed by atoms with van der Waals surface area (Å²) in [6.07, 6.45) is 2.22. The van der Waals surface area contributed by atoms with E-state index in [1.54, 1.807) is 0 Å². The van der Waals surface area contributed by atoms with Gasteiger partial charge in [0.2, 0.25) is 0 Å². The van der Waals surface area contributed by atoms with E-state index >= 15 is 0 Å². The molecule has 0 bridgehead atoms. The first kappa shape index (κ1) is 11.1. The Morgan fingerprint density at radius 1 is 0.941 bits per heavy atom. The van der Waals surface area contributed by atoms with Crippen molar-refractivity contribution in [2.45, 2.75) is 3.63 Å². The van der Waals surface area contributed by atoms with E-state index in [0.29, 0.717) is 3.63 Å². The molecule has 0 aromatic heterocycles. The van der Waals surface area contributed by atoms with Crippen LogP contribution < -0.4 is 0 Å². The Morgan fingerprint density at radius 2 is 1.65 bits per heavy atom. The Labute approximate surface area is 115 Å². The molecule has 1 aliphatic rings. The first-order valence-electron chi connectivity index (χ1n) is 5.53. The number of halogens is 1. The Bertz CT molecular complexity index is 584. The Kier molecular flexibility index (Phi) is 2.84. The summed E-state index contributed by atoms with van der Waals surface area (Å²) in [4.78, 5) is 0. The number of fused-ring (bicyclic) bond motifs is 1. The maximum absolute atomic E-state index is 12.9. The van der Waals surface area contributed by atoms with Crippen molar-refractivity contribution < 1.29 is 29.1 Å². The standard InChI is InChI=1S/C15H10F.Zr/c16-15-7-5-11(6-8-15)14-9-12-3-1-2-4-13(12)10-14;/h1-10H;. The van der Waals surface area contributed by atoms with Crippen molar-refractivity contribution in [3.63, 3.8) is 0 Å². The molecule has 2 aromatic carbocycles. The van der Waals surface area contributed by atoms with Gasteiger partial charge in [-0.3, -0.25) is 0 Å². The zero-order chi connectivity index (χ0) is 11.8. The molecule has 0 fully saturated rings. The minimum absolute atomic E-state index is 0.176. The van der Waals surface area contributed by atoms with Crippen molar-refractivity contribution in [2.24, 2.45) is 0 Å².